The molecule has 0 aromatic heterocycles. The van der Waals surface area contributed by atoms with Gasteiger partial charge < -0.3 is 10.1 Å². The third-order valence-electron chi connectivity index (χ3n) is 3.42. The van der Waals surface area contributed by atoms with Crippen LogP contribution in [0.15, 0.2) is 18.2 Å². The van der Waals surface area contributed by atoms with E-state index < -0.39 is 11.6 Å². The molecule has 1 aliphatic heterocycles. The topological polar surface area (TPSA) is 24.5 Å². The number of hydrogen-bond acceptors (Lipinski definition) is 3. The van der Waals surface area contributed by atoms with Gasteiger partial charge in [0.05, 0.1) is 18.8 Å². The number of hydrogen-bond donors (Lipinski definition) is 1. The Hall–Kier alpha value is -1.04. The van der Waals surface area contributed by atoms with Crippen LogP contribution in [0.25, 0.3) is 0 Å². The minimum atomic E-state index is -0.545. The van der Waals surface area contributed by atoms with Crippen LogP contribution >= 0.6 is 0 Å². The molecule has 0 radical (unpaired) electrons. The Labute approximate surface area is 112 Å². The van der Waals surface area contributed by atoms with Crippen molar-refractivity contribution >= 4 is 0 Å². The van der Waals surface area contributed by atoms with Crippen LogP contribution in [-0.2, 0) is 4.74 Å². The summed E-state index contributed by atoms with van der Waals surface area (Å²) in [5, 5.41) is 3.23. The number of rotatable bonds is 4. The molecule has 3 nitrogen and oxygen atoms in total. The van der Waals surface area contributed by atoms with Gasteiger partial charge in [0.25, 0.3) is 0 Å². The largest absolute Gasteiger partial charge is 0.374 e. The maximum Gasteiger partial charge on any atom is 0.126 e. The molecule has 0 spiro atoms. The van der Waals surface area contributed by atoms with Gasteiger partial charge in [0, 0.05) is 19.2 Å². The van der Waals surface area contributed by atoms with Crippen molar-refractivity contribution < 1.29 is 13.5 Å². The van der Waals surface area contributed by atoms with E-state index >= 15 is 0 Å². The number of likely N-dealkylation sites (N-methyl/N-ethyl adjacent to an activating group) is 2. The van der Waals surface area contributed by atoms with Crippen LogP contribution in [0, 0.1) is 11.6 Å². The highest BCUT2D eigenvalue weighted by Crippen LogP contribution is 2.29. The van der Waals surface area contributed by atoms with Gasteiger partial charge in [-0.3, -0.25) is 4.90 Å². The van der Waals surface area contributed by atoms with E-state index in [4.69, 9.17) is 4.74 Å². The van der Waals surface area contributed by atoms with Crippen LogP contribution in [0.3, 0.4) is 0 Å². The zero-order valence-electron chi connectivity index (χ0n) is 11.3. The first-order valence-corrected chi connectivity index (χ1v) is 6.60. The molecule has 2 unspecified atom stereocenters. The molecule has 1 fully saturated rings. The molecule has 19 heavy (non-hydrogen) atoms. The second-order valence-electron chi connectivity index (χ2n) is 4.85. The average molecular weight is 270 g/mol. The van der Waals surface area contributed by atoms with Crippen LogP contribution in [-0.4, -0.2) is 44.3 Å². The molecule has 1 aromatic carbocycles. The van der Waals surface area contributed by atoms with Gasteiger partial charge in [-0.2, -0.15) is 0 Å². The minimum absolute atomic E-state index is 0.0973. The van der Waals surface area contributed by atoms with Crippen molar-refractivity contribution in [2.45, 2.75) is 19.1 Å². The number of nitrogens with zero attached hydrogens (tertiary/aromatic N) is 1. The third-order valence-corrected chi connectivity index (χ3v) is 3.42. The van der Waals surface area contributed by atoms with Gasteiger partial charge in [-0.05, 0) is 31.3 Å². The summed E-state index contributed by atoms with van der Waals surface area (Å²) in [5.41, 5.74) is 0.627. The average Bonchev–Trinajstić information content (AvgIpc) is 2.35. The second-order valence-corrected chi connectivity index (χ2v) is 4.85. The fourth-order valence-corrected chi connectivity index (χ4v) is 2.53. The predicted molar refractivity (Wildman–Crippen MR) is 70.0 cm³/mol. The maximum atomic E-state index is 13.4. The van der Waals surface area contributed by atoms with Crippen LogP contribution in [0.1, 0.15) is 18.5 Å². The molecule has 106 valence electrons. The molecular formula is C14H20F2N2O. The Morgan fingerprint density at radius 1 is 1.32 bits per heavy atom. The molecule has 5 heteroatoms. The lowest BCUT2D eigenvalue weighted by Gasteiger charge is -2.39. The number of halogens is 2. The van der Waals surface area contributed by atoms with Gasteiger partial charge in [-0.1, -0.05) is 6.92 Å². The van der Waals surface area contributed by atoms with E-state index in [1.165, 1.54) is 12.1 Å². The fourth-order valence-electron chi connectivity index (χ4n) is 2.53. The first-order valence-electron chi connectivity index (χ1n) is 6.60. The number of nitrogens with one attached hydrogen (secondary N) is 1. The van der Waals surface area contributed by atoms with Gasteiger partial charge >= 0.3 is 0 Å². The standard InChI is InChI=1S/C14H20F2N2O/c1-3-17-9-13-14(18(2)4-5-19-13)10-6-11(15)8-12(16)7-10/h6-8,13-14,17H,3-5,9H2,1-2H3. The summed E-state index contributed by atoms with van der Waals surface area (Å²) in [4.78, 5) is 2.08. The van der Waals surface area contributed by atoms with Crippen molar-refractivity contribution in [1.82, 2.24) is 10.2 Å². The Bertz CT molecular complexity index is 408. The number of morpholine rings is 1. The molecule has 0 saturated carbocycles. The van der Waals surface area contributed by atoms with E-state index in [-0.39, 0.29) is 12.1 Å². The highest BCUT2D eigenvalue weighted by Gasteiger charge is 2.31. The summed E-state index contributed by atoms with van der Waals surface area (Å²) < 4.78 is 32.5. The van der Waals surface area contributed by atoms with Crippen LogP contribution in [0.2, 0.25) is 0 Å². The van der Waals surface area contributed by atoms with Gasteiger partial charge in [0.1, 0.15) is 11.6 Å². The van der Waals surface area contributed by atoms with Crippen molar-refractivity contribution in [2.75, 3.05) is 33.3 Å². The third kappa shape index (κ3) is 3.49. The molecule has 1 aliphatic rings. The lowest BCUT2D eigenvalue weighted by Crippen LogP contribution is -2.47. The fraction of sp³-hybridized carbons (Fsp3) is 0.571. The lowest BCUT2D eigenvalue weighted by molar-refractivity contribution is -0.0613. The van der Waals surface area contributed by atoms with E-state index in [9.17, 15) is 8.78 Å². The Balaban J connectivity index is 2.25. The van der Waals surface area contributed by atoms with Crippen LogP contribution < -0.4 is 5.32 Å². The van der Waals surface area contributed by atoms with E-state index in [2.05, 4.69) is 10.2 Å². The molecule has 1 saturated heterocycles. The summed E-state index contributed by atoms with van der Waals surface area (Å²) in [6.45, 7) is 4.92. The Kier molecular flexibility index (Phi) is 4.85. The minimum Gasteiger partial charge on any atom is -0.374 e. The lowest BCUT2D eigenvalue weighted by atomic mass is 9.98. The number of ether oxygens (including phenoxy) is 1. The normalized spacial score (nSPS) is 24.6. The number of benzene rings is 1. The van der Waals surface area contributed by atoms with E-state index in [1.54, 1.807) is 0 Å². The Morgan fingerprint density at radius 3 is 2.63 bits per heavy atom. The molecule has 0 aliphatic carbocycles. The summed E-state index contributed by atoms with van der Waals surface area (Å²) >= 11 is 0. The monoisotopic (exact) mass is 270 g/mol. The van der Waals surface area contributed by atoms with Gasteiger partial charge in [-0.15, -0.1) is 0 Å². The van der Waals surface area contributed by atoms with E-state index in [1.807, 2.05) is 14.0 Å². The Morgan fingerprint density at radius 2 is 2.00 bits per heavy atom. The quantitative estimate of drug-likeness (QED) is 0.905. The SMILES string of the molecule is CCNCC1OCCN(C)C1c1cc(F)cc(F)c1. The van der Waals surface area contributed by atoms with Crippen molar-refractivity contribution in [3.05, 3.63) is 35.4 Å². The zero-order chi connectivity index (χ0) is 13.8. The van der Waals surface area contributed by atoms with Gasteiger partial charge in [-0.25, -0.2) is 8.78 Å². The molecule has 1 N–H and O–H groups in total. The summed E-state index contributed by atoms with van der Waals surface area (Å²) in [6.07, 6.45) is -0.0973. The van der Waals surface area contributed by atoms with E-state index in [0.717, 1.165) is 19.2 Å². The van der Waals surface area contributed by atoms with E-state index in [0.29, 0.717) is 18.7 Å². The van der Waals surface area contributed by atoms with Crippen LogP contribution in [0.5, 0.6) is 0 Å². The van der Waals surface area contributed by atoms with Gasteiger partial charge in [0.15, 0.2) is 0 Å². The van der Waals surface area contributed by atoms with Crippen molar-refractivity contribution in [2.24, 2.45) is 0 Å². The van der Waals surface area contributed by atoms with Gasteiger partial charge in [0.2, 0.25) is 0 Å². The second kappa shape index (κ2) is 6.41. The molecule has 2 atom stereocenters. The first-order chi connectivity index (χ1) is 9.11. The highest BCUT2D eigenvalue weighted by molar-refractivity contribution is 5.23. The molecule has 1 heterocycles. The molecular weight excluding hydrogens is 250 g/mol. The smallest absolute Gasteiger partial charge is 0.126 e. The van der Waals surface area contributed by atoms with Crippen molar-refractivity contribution in [3.8, 4) is 0 Å². The van der Waals surface area contributed by atoms with Crippen molar-refractivity contribution in [3.63, 3.8) is 0 Å². The summed E-state index contributed by atoms with van der Waals surface area (Å²) in [5.74, 6) is -1.09. The first kappa shape index (κ1) is 14.4. The molecule has 2 rings (SSSR count). The molecule has 0 bridgehead atoms. The molecule has 0 amide bonds. The highest BCUT2D eigenvalue weighted by atomic mass is 19.1. The van der Waals surface area contributed by atoms with Crippen molar-refractivity contribution in [1.29, 1.82) is 0 Å². The predicted octanol–water partition coefficient (Wildman–Crippen LogP) is 1.95. The summed E-state index contributed by atoms with van der Waals surface area (Å²) in [7, 11) is 1.95. The molecule has 1 aromatic rings. The van der Waals surface area contributed by atoms with Crippen LogP contribution in [0.4, 0.5) is 8.78 Å². The maximum absolute atomic E-state index is 13.4. The summed E-state index contributed by atoms with van der Waals surface area (Å²) in [6, 6.07) is 3.54. The zero-order valence-corrected chi connectivity index (χ0v) is 11.3.